The summed E-state index contributed by atoms with van der Waals surface area (Å²) in [4.78, 5) is 38.3. The number of urea groups is 1. The molecule has 31 heavy (non-hydrogen) atoms. The van der Waals surface area contributed by atoms with E-state index in [4.69, 9.17) is 9.47 Å². The molecule has 0 bridgehead atoms. The van der Waals surface area contributed by atoms with Gasteiger partial charge >= 0.3 is 6.03 Å². The van der Waals surface area contributed by atoms with Crippen molar-refractivity contribution in [1.82, 2.24) is 15.5 Å². The van der Waals surface area contributed by atoms with Crippen LogP contribution in [0.5, 0.6) is 11.5 Å². The number of hydrogen-bond donors (Lipinski definition) is 2. The molecule has 3 rings (SSSR count). The SMILES string of the molecule is COc1ccc(C(C)NC(=O)NCCCN2C(=O)c3ccc(Br)cc3C2=O)cc1OC. The number of methoxy groups -OCH3 is 2. The van der Waals surface area contributed by atoms with Crippen molar-refractivity contribution in [2.45, 2.75) is 19.4 Å². The van der Waals surface area contributed by atoms with Gasteiger partial charge in [-0.3, -0.25) is 14.5 Å². The number of amides is 4. The number of imide groups is 1. The van der Waals surface area contributed by atoms with Crippen molar-refractivity contribution in [3.63, 3.8) is 0 Å². The summed E-state index contributed by atoms with van der Waals surface area (Å²) in [6.45, 7) is 2.41. The Bertz CT molecular complexity index is 1010. The molecule has 0 radical (unpaired) electrons. The van der Waals surface area contributed by atoms with Gasteiger partial charge in [0.2, 0.25) is 0 Å². The Morgan fingerprint density at radius 3 is 2.45 bits per heavy atom. The van der Waals surface area contributed by atoms with Crippen LogP contribution in [0.15, 0.2) is 40.9 Å². The van der Waals surface area contributed by atoms with Crippen LogP contribution in [0.1, 0.15) is 45.7 Å². The summed E-state index contributed by atoms with van der Waals surface area (Å²) in [5, 5.41) is 5.61. The second-order valence-electron chi connectivity index (χ2n) is 7.04. The third-order valence-electron chi connectivity index (χ3n) is 5.03. The van der Waals surface area contributed by atoms with Gasteiger partial charge in [0.05, 0.1) is 31.4 Å². The van der Waals surface area contributed by atoms with Crippen molar-refractivity contribution in [1.29, 1.82) is 0 Å². The van der Waals surface area contributed by atoms with Gasteiger partial charge in [0.25, 0.3) is 11.8 Å². The molecule has 1 aliphatic rings. The van der Waals surface area contributed by atoms with Crippen molar-refractivity contribution >= 4 is 33.8 Å². The molecule has 0 saturated heterocycles. The summed E-state index contributed by atoms with van der Waals surface area (Å²) < 4.78 is 11.3. The Hall–Kier alpha value is -3.07. The van der Waals surface area contributed by atoms with Gasteiger partial charge in [-0.15, -0.1) is 0 Å². The first-order valence-corrected chi connectivity index (χ1v) is 10.6. The van der Waals surface area contributed by atoms with Gasteiger partial charge in [-0.25, -0.2) is 4.79 Å². The highest BCUT2D eigenvalue weighted by molar-refractivity contribution is 9.10. The Morgan fingerprint density at radius 1 is 1.03 bits per heavy atom. The van der Waals surface area contributed by atoms with Crippen LogP contribution in [0.25, 0.3) is 0 Å². The summed E-state index contributed by atoms with van der Waals surface area (Å²) in [6.07, 6.45) is 0.449. The van der Waals surface area contributed by atoms with E-state index in [0.29, 0.717) is 35.6 Å². The molecule has 0 spiro atoms. The third-order valence-corrected chi connectivity index (χ3v) is 5.53. The largest absolute Gasteiger partial charge is 0.493 e. The maximum Gasteiger partial charge on any atom is 0.315 e. The van der Waals surface area contributed by atoms with Crippen molar-refractivity contribution in [2.24, 2.45) is 0 Å². The number of carbonyl (C=O) groups is 3. The minimum absolute atomic E-state index is 0.232. The monoisotopic (exact) mass is 489 g/mol. The number of carbonyl (C=O) groups excluding carboxylic acids is 3. The first kappa shape index (κ1) is 22.6. The fraction of sp³-hybridized carbons (Fsp3) is 0.318. The van der Waals surface area contributed by atoms with Gasteiger partial charge in [0, 0.05) is 17.6 Å². The summed E-state index contributed by atoms with van der Waals surface area (Å²) in [7, 11) is 3.12. The van der Waals surface area contributed by atoms with E-state index in [0.717, 1.165) is 10.0 Å². The normalized spacial score (nSPS) is 13.6. The Labute approximate surface area is 189 Å². The van der Waals surface area contributed by atoms with E-state index in [1.54, 1.807) is 38.5 Å². The molecule has 1 atom stereocenters. The molecule has 9 heteroatoms. The Balaban J connectivity index is 1.47. The lowest BCUT2D eigenvalue weighted by molar-refractivity contribution is 0.0653. The molecule has 1 aliphatic heterocycles. The number of halogens is 1. The number of ether oxygens (including phenoxy) is 2. The Kier molecular flexibility index (Phi) is 7.17. The Morgan fingerprint density at radius 2 is 1.74 bits per heavy atom. The second kappa shape index (κ2) is 9.82. The van der Waals surface area contributed by atoms with Crippen LogP contribution < -0.4 is 20.1 Å². The summed E-state index contributed by atoms with van der Waals surface area (Å²) in [5.74, 6) is 0.581. The second-order valence-corrected chi connectivity index (χ2v) is 7.96. The van der Waals surface area contributed by atoms with Crippen molar-refractivity contribution in [3.05, 3.63) is 57.6 Å². The molecule has 164 valence electrons. The average molecular weight is 490 g/mol. The molecule has 2 aromatic carbocycles. The number of benzene rings is 2. The molecule has 4 amide bonds. The molecule has 1 unspecified atom stereocenters. The molecular weight excluding hydrogens is 466 g/mol. The zero-order chi connectivity index (χ0) is 22.5. The molecule has 0 fully saturated rings. The number of rotatable bonds is 8. The summed E-state index contributed by atoms with van der Waals surface area (Å²) >= 11 is 3.31. The first-order chi connectivity index (χ1) is 14.8. The van der Waals surface area contributed by atoms with Crippen LogP contribution in [0.2, 0.25) is 0 Å². The maximum atomic E-state index is 12.5. The zero-order valence-electron chi connectivity index (χ0n) is 17.5. The highest BCUT2D eigenvalue weighted by atomic mass is 79.9. The lowest BCUT2D eigenvalue weighted by atomic mass is 10.1. The molecule has 0 saturated carbocycles. The number of nitrogens with zero attached hydrogens (tertiary/aromatic N) is 1. The van der Waals surface area contributed by atoms with Gasteiger partial charge in [0.1, 0.15) is 0 Å². The van der Waals surface area contributed by atoms with Gasteiger partial charge in [0.15, 0.2) is 11.5 Å². The fourth-order valence-corrected chi connectivity index (χ4v) is 3.72. The highest BCUT2D eigenvalue weighted by Crippen LogP contribution is 2.30. The zero-order valence-corrected chi connectivity index (χ0v) is 19.1. The average Bonchev–Trinajstić information content (AvgIpc) is 2.99. The number of fused-ring (bicyclic) bond motifs is 1. The van der Waals surface area contributed by atoms with Gasteiger partial charge in [-0.05, 0) is 49.2 Å². The van der Waals surface area contributed by atoms with Crippen LogP contribution >= 0.6 is 15.9 Å². The van der Waals surface area contributed by atoms with E-state index in [-0.39, 0.29) is 30.4 Å². The van der Waals surface area contributed by atoms with Gasteiger partial charge in [-0.2, -0.15) is 0 Å². The molecule has 2 N–H and O–H groups in total. The topological polar surface area (TPSA) is 97.0 Å². The molecule has 8 nitrogen and oxygen atoms in total. The molecule has 0 aromatic heterocycles. The first-order valence-electron chi connectivity index (χ1n) is 9.77. The van der Waals surface area contributed by atoms with Crippen LogP contribution in [0.4, 0.5) is 4.79 Å². The van der Waals surface area contributed by atoms with Crippen molar-refractivity contribution < 1.29 is 23.9 Å². The fourth-order valence-electron chi connectivity index (χ4n) is 3.36. The van der Waals surface area contributed by atoms with Crippen LogP contribution in [-0.2, 0) is 0 Å². The smallest absolute Gasteiger partial charge is 0.315 e. The standard InChI is InChI=1S/C22H24BrN3O5/c1-13(14-5-8-18(30-2)19(11-14)31-3)25-22(29)24-9-4-10-26-20(27)16-7-6-15(23)12-17(16)21(26)28/h5-8,11-13H,4,9-10H2,1-3H3,(H2,24,25,29). The minimum atomic E-state index is -0.339. The van der Waals surface area contributed by atoms with Crippen molar-refractivity contribution in [2.75, 3.05) is 27.3 Å². The molecule has 2 aromatic rings. The highest BCUT2D eigenvalue weighted by Gasteiger charge is 2.35. The van der Waals surface area contributed by atoms with E-state index in [1.165, 1.54) is 4.90 Å². The van der Waals surface area contributed by atoms with E-state index in [9.17, 15) is 14.4 Å². The van der Waals surface area contributed by atoms with Gasteiger partial charge < -0.3 is 20.1 Å². The van der Waals surface area contributed by atoms with E-state index in [2.05, 4.69) is 26.6 Å². The van der Waals surface area contributed by atoms with Crippen molar-refractivity contribution in [3.8, 4) is 11.5 Å². The van der Waals surface area contributed by atoms with E-state index < -0.39 is 0 Å². The predicted octanol–water partition coefficient (Wildman–Crippen LogP) is 3.51. The number of nitrogens with one attached hydrogen (secondary N) is 2. The maximum absolute atomic E-state index is 12.5. The minimum Gasteiger partial charge on any atom is -0.493 e. The quantitative estimate of drug-likeness (QED) is 0.436. The lowest BCUT2D eigenvalue weighted by Crippen LogP contribution is -2.39. The molecule has 0 aliphatic carbocycles. The van der Waals surface area contributed by atoms with Crippen LogP contribution in [-0.4, -0.2) is 50.1 Å². The third kappa shape index (κ3) is 4.99. The van der Waals surface area contributed by atoms with Gasteiger partial charge in [-0.1, -0.05) is 22.0 Å². The number of hydrogen-bond acceptors (Lipinski definition) is 5. The van der Waals surface area contributed by atoms with E-state index >= 15 is 0 Å². The molecule has 1 heterocycles. The van der Waals surface area contributed by atoms with Crippen LogP contribution in [0.3, 0.4) is 0 Å². The van der Waals surface area contributed by atoms with Crippen LogP contribution in [0, 0.1) is 0 Å². The van der Waals surface area contributed by atoms with E-state index in [1.807, 2.05) is 19.1 Å². The predicted molar refractivity (Wildman–Crippen MR) is 119 cm³/mol. The summed E-state index contributed by atoms with van der Waals surface area (Å²) in [6, 6.07) is 9.88. The lowest BCUT2D eigenvalue weighted by Gasteiger charge is -2.17. The molecular formula is C22H24BrN3O5. The summed E-state index contributed by atoms with van der Waals surface area (Å²) in [5.41, 5.74) is 1.67.